The van der Waals surface area contributed by atoms with Gasteiger partial charge in [0, 0.05) is 12.2 Å². The lowest BCUT2D eigenvalue weighted by Gasteiger charge is -2.30. The molecule has 2 aromatic carbocycles. The largest absolute Gasteiger partial charge is 0.497 e. The highest BCUT2D eigenvalue weighted by Crippen LogP contribution is 2.32. The van der Waals surface area contributed by atoms with Gasteiger partial charge in [0.15, 0.2) is 5.78 Å². The fourth-order valence-corrected chi connectivity index (χ4v) is 5.11. The van der Waals surface area contributed by atoms with E-state index < -0.39 is 39.8 Å². The number of carbonyl (C=O) groups excluding carboxylic acids is 3. The van der Waals surface area contributed by atoms with Crippen LogP contribution in [0.3, 0.4) is 0 Å². The zero-order valence-electron chi connectivity index (χ0n) is 18.4. The molecule has 2 atom stereocenters. The van der Waals surface area contributed by atoms with E-state index >= 15 is 0 Å². The molecule has 0 aliphatic carbocycles. The third-order valence-electron chi connectivity index (χ3n) is 5.42. The lowest BCUT2D eigenvalue weighted by molar-refractivity contribution is -0.145. The Balaban J connectivity index is 2.14. The minimum absolute atomic E-state index is 0.0603. The number of amides is 1. The number of sulfonamides is 1. The van der Waals surface area contributed by atoms with Crippen molar-refractivity contribution in [3.63, 3.8) is 0 Å². The second-order valence-electron chi connectivity index (χ2n) is 7.43. The van der Waals surface area contributed by atoms with Gasteiger partial charge in [-0.25, -0.2) is 8.42 Å². The SMILES string of the molecule is COC(=O)C1CN(C(=O)C(N)C(C)=O)c2ccccc2CN1S(=O)(=O)c1ccc(OC)cc1. The van der Waals surface area contributed by atoms with Gasteiger partial charge in [-0.15, -0.1) is 0 Å². The number of nitrogens with two attached hydrogens (primary N) is 1. The summed E-state index contributed by atoms with van der Waals surface area (Å²) in [6.45, 7) is 0.604. The van der Waals surface area contributed by atoms with E-state index in [9.17, 15) is 22.8 Å². The molecule has 0 spiro atoms. The fraction of sp³-hybridized carbons (Fsp3) is 0.318. The smallest absolute Gasteiger partial charge is 0.326 e. The predicted molar refractivity (Wildman–Crippen MR) is 119 cm³/mol. The summed E-state index contributed by atoms with van der Waals surface area (Å²) in [6.07, 6.45) is 0. The van der Waals surface area contributed by atoms with Gasteiger partial charge in [-0.05, 0) is 42.8 Å². The highest BCUT2D eigenvalue weighted by molar-refractivity contribution is 7.89. The molecule has 1 aliphatic rings. The van der Waals surface area contributed by atoms with Crippen LogP contribution in [0.25, 0.3) is 0 Å². The Kier molecular flexibility index (Phi) is 7.15. The maximum Gasteiger partial charge on any atom is 0.326 e. The summed E-state index contributed by atoms with van der Waals surface area (Å²) in [5.74, 6) is -1.68. The van der Waals surface area contributed by atoms with Crippen molar-refractivity contribution in [1.82, 2.24) is 4.31 Å². The van der Waals surface area contributed by atoms with Gasteiger partial charge in [0.2, 0.25) is 10.0 Å². The zero-order chi connectivity index (χ0) is 24.3. The van der Waals surface area contributed by atoms with Gasteiger partial charge < -0.3 is 20.1 Å². The van der Waals surface area contributed by atoms with Crippen molar-refractivity contribution in [3.8, 4) is 5.75 Å². The van der Waals surface area contributed by atoms with Crippen LogP contribution in [0.5, 0.6) is 5.75 Å². The number of fused-ring (bicyclic) bond motifs is 1. The number of hydrogen-bond acceptors (Lipinski definition) is 8. The first-order valence-electron chi connectivity index (χ1n) is 10.0. The first kappa shape index (κ1) is 24.4. The fourth-order valence-electron chi connectivity index (χ4n) is 3.56. The van der Waals surface area contributed by atoms with E-state index in [1.54, 1.807) is 24.3 Å². The van der Waals surface area contributed by atoms with E-state index in [1.807, 2.05) is 0 Å². The summed E-state index contributed by atoms with van der Waals surface area (Å²) < 4.78 is 38.1. The lowest BCUT2D eigenvalue weighted by atomic mass is 10.1. The summed E-state index contributed by atoms with van der Waals surface area (Å²) in [7, 11) is -1.61. The number of anilines is 1. The van der Waals surface area contributed by atoms with E-state index in [-0.39, 0.29) is 18.0 Å². The van der Waals surface area contributed by atoms with E-state index in [4.69, 9.17) is 15.2 Å². The molecule has 10 nitrogen and oxygen atoms in total. The number of rotatable bonds is 6. The molecule has 2 aromatic rings. The molecule has 1 amide bonds. The Bertz CT molecular complexity index is 1160. The Morgan fingerprint density at radius 2 is 1.70 bits per heavy atom. The maximum absolute atomic E-state index is 13.6. The van der Waals surface area contributed by atoms with Crippen LogP contribution in [-0.4, -0.2) is 63.2 Å². The van der Waals surface area contributed by atoms with Gasteiger partial charge in [-0.1, -0.05) is 18.2 Å². The monoisotopic (exact) mass is 475 g/mol. The van der Waals surface area contributed by atoms with E-state index in [0.717, 1.165) is 11.4 Å². The van der Waals surface area contributed by atoms with Crippen LogP contribution in [0.4, 0.5) is 5.69 Å². The Morgan fingerprint density at radius 1 is 1.06 bits per heavy atom. The third kappa shape index (κ3) is 4.75. The number of para-hydroxylation sites is 1. The molecular formula is C22H25N3O7S. The van der Waals surface area contributed by atoms with Crippen molar-refractivity contribution in [2.75, 3.05) is 25.7 Å². The molecule has 11 heteroatoms. The van der Waals surface area contributed by atoms with Crippen molar-refractivity contribution >= 4 is 33.4 Å². The molecule has 0 bridgehead atoms. The zero-order valence-corrected chi connectivity index (χ0v) is 19.2. The topological polar surface area (TPSA) is 136 Å². The number of benzene rings is 2. The van der Waals surface area contributed by atoms with Crippen LogP contribution in [0.15, 0.2) is 53.4 Å². The molecule has 3 rings (SSSR count). The van der Waals surface area contributed by atoms with Crippen LogP contribution >= 0.6 is 0 Å². The standard InChI is InChI=1S/C22H25N3O7S/c1-14(26)20(23)21(27)24-13-19(22(28)32-3)25(12-15-6-4-5-7-18(15)24)33(29,30)17-10-8-16(31-2)9-11-17/h4-11,19-20H,12-13,23H2,1-3H3. The predicted octanol–water partition coefficient (Wildman–Crippen LogP) is 0.691. The first-order chi connectivity index (χ1) is 15.6. The summed E-state index contributed by atoms with van der Waals surface area (Å²) in [5, 5.41) is 0. The Hall–Kier alpha value is -3.28. The van der Waals surface area contributed by atoms with Gasteiger partial charge in [0.25, 0.3) is 5.91 Å². The van der Waals surface area contributed by atoms with Crippen LogP contribution in [0.1, 0.15) is 12.5 Å². The lowest BCUT2D eigenvalue weighted by Crippen LogP contribution is -2.54. The Labute approximate surface area is 191 Å². The molecule has 2 unspecified atom stereocenters. The normalized spacial score (nSPS) is 17.5. The quantitative estimate of drug-likeness (QED) is 0.476. The molecule has 0 saturated carbocycles. The summed E-state index contributed by atoms with van der Waals surface area (Å²) in [4.78, 5) is 38.7. The number of Topliss-reactive ketones (excluding diaryl/α,β-unsaturated/α-hetero) is 1. The van der Waals surface area contributed by atoms with Crippen molar-refractivity contribution < 1.29 is 32.3 Å². The van der Waals surface area contributed by atoms with Crippen LogP contribution in [0.2, 0.25) is 0 Å². The third-order valence-corrected chi connectivity index (χ3v) is 7.29. The minimum Gasteiger partial charge on any atom is -0.497 e. The molecule has 33 heavy (non-hydrogen) atoms. The van der Waals surface area contributed by atoms with Crippen LogP contribution < -0.4 is 15.4 Å². The molecule has 176 valence electrons. The van der Waals surface area contributed by atoms with Gasteiger partial charge in [0.05, 0.1) is 25.7 Å². The van der Waals surface area contributed by atoms with Crippen LogP contribution in [-0.2, 0) is 35.7 Å². The molecule has 1 heterocycles. The molecular weight excluding hydrogens is 450 g/mol. The summed E-state index contributed by atoms with van der Waals surface area (Å²) >= 11 is 0. The Morgan fingerprint density at radius 3 is 2.27 bits per heavy atom. The van der Waals surface area contributed by atoms with Gasteiger partial charge >= 0.3 is 5.97 Å². The summed E-state index contributed by atoms with van der Waals surface area (Å²) in [6, 6.07) is 9.49. The van der Waals surface area contributed by atoms with Gasteiger partial charge in [-0.2, -0.15) is 4.31 Å². The van der Waals surface area contributed by atoms with Crippen molar-refractivity contribution in [2.45, 2.75) is 30.4 Å². The maximum atomic E-state index is 13.6. The van der Waals surface area contributed by atoms with Crippen LogP contribution in [0, 0.1) is 0 Å². The number of methoxy groups -OCH3 is 2. The number of nitrogens with zero attached hydrogens (tertiary/aromatic N) is 2. The van der Waals surface area contributed by atoms with E-state index in [0.29, 0.717) is 17.0 Å². The number of esters is 1. The van der Waals surface area contributed by atoms with Crippen molar-refractivity contribution in [3.05, 3.63) is 54.1 Å². The first-order valence-corrected chi connectivity index (χ1v) is 11.4. The van der Waals surface area contributed by atoms with E-state index in [2.05, 4.69) is 0 Å². The summed E-state index contributed by atoms with van der Waals surface area (Å²) in [5.41, 5.74) is 6.62. The molecule has 0 aromatic heterocycles. The highest BCUT2D eigenvalue weighted by atomic mass is 32.2. The second kappa shape index (κ2) is 9.69. The number of ether oxygens (including phenoxy) is 2. The van der Waals surface area contributed by atoms with Crippen molar-refractivity contribution in [1.29, 1.82) is 0 Å². The van der Waals surface area contributed by atoms with E-state index in [1.165, 1.54) is 43.2 Å². The average molecular weight is 476 g/mol. The number of hydrogen-bond donors (Lipinski definition) is 1. The average Bonchev–Trinajstić information content (AvgIpc) is 3.00. The number of carbonyl (C=O) groups is 3. The molecule has 1 aliphatic heterocycles. The molecule has 0 fully saturated rings. The minimum atomic E-state index is -4.20. The van der Waals surface area contributed by atoms with Gasteiger partial charge in [-0.3, -0.25) is 14.4 Å². The van der Waals surface area contributed by atoms with Gasteiger partial charge in [0.1, 0.15) is 17.8 Å². The molecule has 0 saturated heterocycles. The number of ketones is 1. The highest BCUT2D eigenvalue weighted by Gasteiger charge is 2.43. The molecule has 2 N–H and O–H groups in total. The van der Waals surface area contributed by atoms with Crippen molar-refractivity contribution in [2.24, 2.45) is 5.73 Å². The molecule has 0 radical (unpaired) electrons. The second-order valence-corrected chi connectivity index (χ2v) is 9.32.